The Morgan fingerprint density at radius 1 is 1.07 bits per heavy atom. The van der Waals surface area contributed by atoms with Crippen LogP contribution in [0.3, 0.4) is 0 Å². The number of hydrogen-bond donors (Lipinski definition) is 1. The van der Waals surface area contributed by atoms with Crippen LogP contribution in [0.15, 0.2) is 48.5 Å². The fourth-order valence-electron chi connectivity index (χ4n) is 4.94. The van der Waals surface area contributed by atoms with Crippen LogP contribution in [0.4, 0.5) is 0 Å². The first-order chi connectivity index (χ1) is 14.6. The van der Waals surface area contributed by atoms with Crippen molar-refractivity contribution in [3.8, 4) is 16.9 Å². The number of fused-ring (bicyclic) bond motifs is 1. The molecule has 0 bridgehead atoms. The second-order valence-electron chi connectivity index (χ2n) is 8.49. The van der Waals surface area contributed by atoms with Crippen LogP contribution in [-0.2, 0) is 9.59 Å². The van der Waals surface area contributed by atoms with E-state index in [-0.39, 0.29) is 48.9 Å². The second kappa shape index (κ2) is 7.43. The van der Waals surface area contributed by atoms with Gasteiger partial charge in [-0.05, 0) is 41.7 Å². The first-order valence-electron chi connectivity index (χ1n) is 10.6. The predicted octanol–water partition coefficient (Wildman–Crippen LogP) is 2.27. The Kier molecular flexibility index (Phi) is 4.74. The molecule has 1 N–H and O–H groups in total. The monoisotopic (exact) mass is 406 g/mol. The lowest BCUT2D eigenvalue weighted by molar-refractivity contribution is -0.167. The van der Waals surface area contributed by atoms with Gasteiger partial charge in [0.05, 0.1) is 32.3 Å². The van der Waals surface area contributed by atoms with Crippen LogP contribution in [0.2, 0.25) is 0 Å². The lowest BCUT2D eigenvalue weighted by atomic mass is 9.73. The van der Waals surface area contributed by atoms with Crippen molar-refractivity contribution in [2.45, 2.75) is 30.8 Å². The van der Waals surface area contributed by atoms with E-state index in [2.05, 4.69) is 24.3 Å². The van der Waals surface area contributed by atoms with E-state index in [1.165, 1.54) is 0 Å². The third-order valence-electron chi connectivity index (χ3n) is 6.71. The Morgan fingerprint density at radius 3 is 2.27 bits per heavy atom. The highest BCUT2D eigenvalue weighted by atomic mass is 16.5. The molecule has 3 aliphatic rings. The Labute approximate surface area is 176 Å². The van der Waals surface area contributed by atoms with Crippen LogP contribution in [0.25, 0.3) is 11.1 Å². The highest BCUT2D eigenvalue weighted by Gasteiger charge is 2.55. The summed E-state index contributed by atoms with van der Waals surface area (Å²) in [5.74, 6) is 1.04. The van der Waals surface area contributed by atoms with Gasteiger partial charge in [-0.3, -0.25) is 9.59 Å². The SMILES string of the molecule is COc1ccc(-c2ccc([C@@H]3[C@@H](CO)N4C(=O)CN(C(=O)C5CC5)C[C@@H]34)cc2)cc1. The minimum atomic E-state index is -0.215. The maximum absolute atomic E-state index is 12.7. The molecule has 156 valence electrons. The van der Waals surface area contributed by atoms with E-state index in [4.69, 9.17) is 4.74 Å². The molecule has 5 rings (SSSR count). The molecule has 0 radical (unpaired) electrons. The fourth-order valence-corrected chi connectivity index (χ4v) is 4.94. The molecule has 1 aliphatic carbocycles. The highest BCUT2D eigenvalue weighted by Crippen LogP contribution is 2.44. The number of ether oxygens (including phenoxy) is 1. The van der Waals surface area contributed by atoms with E-state index >= 15 is 0 Å². The van der Waals surface area contributed by atoms with Crippen LogP contribution in [0, 0.1) is 5.92 Å². The van der Waals surface area contributed by atoms with E-state index in [1.54, 1.807) is 16.9 Å². The normalized spacial score (nSPS) is 25.5. The van der Waals surface area contributed by atoms with Gasteiger partial charge in [0.2, 0.25) is 11.8 Å². The summed E-state index contributed by atoms with van der Waals surface area (Å²) in [6.45, 7) is 0.637. The van der Waals surface area contributed by atoms with Crippen LogP contribution in [0.1, 0.15) is 24.3 Å². The highest BCUT2D eigenvalue weighted by molar-refractivity contribution is 5.89. The number of amides is 2. The summed E-state index contributed by atoms with van der Waals surface area (Å²) in [7, 11) is 1.65. The second-order valence-corrected chi connectivity index (χ2v) is 8.49. The molecule has 6 nitrogen and oxygen atoms in total. The smallest absolute Gasteiger partial charge is 0.242 e. The molecule has 2 amide bonds. The Morgan fingerprint density at radius 2 is 1.70 bits per heavy atom. The zero-order valence-electron chi connectivity index (χ0n) is 17.0. The van der Waals surface area contributed by atoms with Gasteiger partial charge in [-0.2, -0.15) is 0 Å². The number of piperazine rings is 1. The van der Waals surface area contributed by atoms with Crippen molar-refractivity contribution in [3.05, 3.63) is 54.1 Å². The third kappa shape index (κ3) is 3.16. The quantitative estimate of drug-likeness (QED) is 0.827. The first-order valence-corrected chi connectivity index (χ1v) is 10.6. The van der Waals surface area contributed by atoms with Gasteiger partial charge in [0.25, 0.3) is 0 Å². The molecule has 2 aromatic rings. The zero-order chi connectivity index (χ0) is 20.8. The largest absolute Gasteiger partial charge is 0.497 e. The Balaban J connectivity index is 1.36. The molecule has 3 atom stereocenters. The standard InChI is InChI=1S/C24H26N2O4/c1-30-19-10-8-16(9-11-19)15-2-4-17(5-3-15)23-20-12-25(24(29)18-6-7-18)13-22(28)26(20)21(23)14-27/h2-5,8-11,18,20-21,23,27H,6-7,12-14H2,1H3/t20-,21+,23-/m0/s1. The molecular weight excluding hydrogens is 380 g/mol. The number of carbonyl (C=O) groups excluding carboxylic acids is 2. The topological polar surface area (TPSA) is 70.1 Å². The van der Waals surface area contributed by atoms with Crippen LogP contribution in [0.5, 0.6) is 5.75 Å². The first kappa shape index (κ1) is 19.1. The summed E-state index contributed by atoms with van der Waals surface area (Å²) in [5.41, 5.74) is 3.30. The number of methoxy groups -OCH3 is 1. The maximum atomic E-state index is 12.7. The molecular formula is C24H26N2O4. The molecule has 2 saturated heterocycles. The summed E-state index contributed by atoms with van der Waals surface area (Å²) < 4.78 is 5.22. The van der Waals surface area contributed by atoms with Crippen molar-refractivity contribution < 1.29 is 19.4 Å². The average molecular weight is 406 g/mol. The number of aliphatic hydroxyl groups excluding tert-OH is 1. The van der Waals surface area contributed by atoms with Crippen molar-refractivity contribution in [2.24, 2.45) is 5.92 Å². The number of rotatable bonds is 5. The van der Waals surface area contributed by atoms with Crippen LogP contribution in [-0.4, -0.2) is 65.6 Å². The van der Waals surface area contributed by atoms with Crippen molar-refractivity contribution in [1.82, 2.24) is 9.80 Å². The number of carbonyl (C=O) groups is 2. The van der Waals surface area contributed by atoms with Crippen LogP contribution >= 0.6 is 0 Å². The van der Waals surface area contributed by atoms with Crippen LogP contribution < -0.4 is 4.74 Å². The Bertz CT molecular complexity index is 952. The van der Waals surface area contributed by atoms with Gasteiger partial charge < -0.3 is 19.6 Å². The zero-order valence-corrected chi connectivity index (χ0v) is 17.0. The molecule has 1 saturated carbocycles. The Hall–Kier alpha value is -2.86. The van der Waals surface area contributed by atoms with E-state index in [0.29, 0.717) is 6.54 Å². The third-order valence-corrected chi connectivity index (χ3v) is 6.71. The molecule has 30 heavy (non-hydrogen) atoms. The van der Waals surface area contributed by atoms with Gasteiger partial charge in [-0.15, -0.1) is 0 Å². The number of benzene rings is 2. The van der Waals surface area contributed by atoms with E-state index in [0.717, 1.165) is 35.3 Å². The lowest BCUT2D eigenvalue weighted by Gasteiger charge is -2.58. The molecule has 2 heterocycles. The van der Waals surface area contributed by atoms with E-state index in [9.17, 15) is 14.7 Å². The molecule has 2 aliphatic heterocycles. The van der Waals surface area contributed by atoms with Crippen molar-refractivity contribution >= 4 is 11.8 Å². The van der Waals surface area contributed by atoms with Gasteiger partial charge in [-0.1, -0.05) is 36.4 Å². The summed E-state index contributed by atoms with van der Waals surface area (Å²) >= 11 is 0. The summed E-state index contributed by atoms with van der Waals surface area (Å²) in [4.78, 5) is 28.7. The van der Waals surface area contributed by atoms with Crippen molar-refractivity contribution in [2.75, 3.05) is 26.8 Å². The predicted molar refractivity (Wildman–Crippen MR) is 112 cm³/mol. The minimum Gasteiger partial charge on any atom is -0.497 e. The van der Waals surface area contributed by atoms with Gasteiger partial charge in [-0.25, -0.2) is 0 Å². The maximum Gasteiger partial charge on any atom is 0.242 e. The minimum absolute atomic E-state index is 0.0404. The summed E-state index contributed by atoms with van der Waals surface area (Å²) in [6.07, 6.45) is 1.88. The van der Waals surface area contributed by atoms with Gasteiger partial charge >= 0.3 is 0 Å². The lowest BCUT2D eigenvalue weighted by Crippen LogP contribution is -2.73. The molecule has 0 unspecified atom stereocenters. The van der Waals surface area contributed by atoms with Gasteiger partial charge in [0.1, 0.15) is 5.75 Å². The number of nitrogens with zero attached hydrogens (tertiary/aromatic N) is 2. The average Bonchev–Trinajstić information content (AvgIpc) is 3.60. The van der Waals surface area contributed by atoms with Crippen molar-refractivity contribution in [1.29, 1.82) is 0 Å². The summed E-state index contributed by atoms with van der Waals surface area (Å²) in [5, 5.41) is 9.94. The summed E-state index contributed by atoms with van der Waals surface area (Å²) in [6, 6.07) is 16.0. The number of aliphatic hydroxyl groups is 1. The molecule has 0 spiro atoms. The fraction of sp³-hybridized carbons (Fsp3) is 0.417. The molecule has 2 aromatic carbocycles. The van der Waals surface area contributed by atoms with Crippen molar-refractivity contribution in [3.63, 3.8) is 0 Å². The van der Waals surface area contributed by atoms with E-state index < -0.39 is 0 Å². The molecule has 0 aromatic heterocycles. The molecule has 6 heteroatoms. The van der Waals surface area contributed by atoms with Gasteiger partial charge in [0.15, 0.2) is 0 Å². The van der Waals surface area contributed by atoms with E-state index in [1.807, 2.05) is 24.3 Å². The number of hydrogen-bond acceptors (Lipinski definition) is 4. The van der Waals surface area contributed by atoms with Gasteiger partial charge in [0, 0.05) is 18.4 Å². The molecule has 3 fully saturated rings.